The highest BCUT2D eigenvalue weighted by Crippen LogP contribution is 2.46. The normalized spacial score (nSPS) is 19.7. The molecule has 0 saturated heterocycles. The minimum Gasteiger partial charge on any atom is -0.365 e. The molecule has 2 fully saturated rings. The second kappa shape index (κ2) is 3.70. The molecule has 2 aliphatic rings. The van der Waals surface area contributed by atoms with Crippen molar-refractivity contribution in [2.45, 2.75) is 31.7 Å². The van der Waals surface area contributed by atoms with E-state index in [9.17, 15) is 0 Å². The van der Waals surface area contributed by atoms with Gasteiger partial charge in [0.15, 0.2) is 5.82 Å². The standard InChI is InChI=1S/C14H18N4/c1-18-8-16-13-11(18)6-7-15-14(13)17-12(9-2-3-9)10-4-5-10/h6-10,12H,2-5H2,1H3,(H,15,17). The van der Waals surface area contributed by atoms with Crippen molar-refractivity contribution in [3.05, 3.63) is 18.6 Å². The number of aromatic nitrogens is 3. The Bertz CT molecular complexity index is 568. The molecule has 0 aliphatic heterocycles. The van der Waals surface area contributed by atoms with Crippen molar-refractivity contribution in [2.24, 2.45) is 18.9 Å². The molecule has 4 heteroatoms. The lowest BCUT2D eigenvalue weighted by molar-refractivity contribution is 0.566. The van der Waals surface area contributed by atoms with Crippen molar-refractivity contribution in [3.63, 3.8) is 0 Å². The molecule has 2 aliphatic carbocycles. The number of hydrogen-bond acceptors (Lipinski definition) is 3. The summed E-state index contributed by atoms with van der Waals surface area (Å²) in [5, 5.41) is 3.67. The van der Waals surface area contributed by atoms with Crippen LogP contribution in [0.2, 0.25) is 0 Å². The van der Waals surface area contributed by atoms with Crippen molar-refractivity contribution in [1.82, 2.24) is 14.5 Å². The quantitative estimate of drug-likeness (QED) is 0.896. The van der Waals surface area contributed by atoms with Crippen LogP contribution >= 0.6 is 0 Å². The summed E-state index contributed by atoms with van der Waals surface area (Å²) in [6, 6.07) is 2.65. The van der Waals surface area contributed by atoms with E-state index in [1.165, 1.54) is 25.7 Å². The van der Waals surface area contributed by atoms with Crippen molar-refractivity contribution < 1.29 is 0 Å². The van der Waals surface area contributed by atoms with Gasteiger partial charge in [0.1, 0.15) is 5.52 Å². The summed E-state index contributed by atoms with van der Waals surface area (Å²) in [6.45, 7) is 0. The molecular formula is C14H18N4. The van der Waals surface area contributed by atoms with Crippen LogP contribution in [-0.4, -0.2) is 20.6 Å². The Morgan fingerprint density at radius 1 is 1.22 bits per heavy atom. The lowest BCUT2D eigenvalue weighted by atomic mass is 10.1. The Kier molecular flexibility index (Phi) is 2.13. The Morgan fingerprint density at radius 2 is 1.94 bits per heavy atom. The van der Waals surface area contributed by atoms with Crippen molar-refractivity contribution >= 4 is 16.9 Å². The van der Waals surface area contributed by atoms with Gasteiger partial charge in [-0.2, -0.15) is 0 Å². The minimum absolute atomic E-state index is 0.630. The summed E-state index contributed by atoms with van der Waals surface area (Å²) in [7, 11) is 2.03. The fraction of sp³-hybridized carbons (Fsp3) is 0.571. The monoisotopic (exact) mass is 242 g/mol. The number of aryl methyl sites for hydroxylation is 1. The molecule has 0 atom stereocenters. The maximum absolute atomic E-state index is 4.49. The third kappa shape index (κ3) is 1.67. The summed E-state index contributed by atoms with van der Waals surface area (Å²) in [5.74, 6) is 2.72. The molecule has 2 saturated carbocycles. The molecule has 2 aromatic heterocycles. The fourth-order valence-electron chi connectivity index (χ4n) is 2.86. The summed E-state index contributed by atoms with van der Waals surface area (Å²) in [6.07, 6.45) is 9.27. The number of fused-ring (bicyclic) bond motifs is 1. The van der Waals surface area contributed by atoms with Crippen LogP contribution < -0.4 is 5.32 Å². The average molecular weight is 242 g/mol. The van der Waals surface area contributed by atoms with Gasteiger partial charge < -0.3 is 9.88 Å². The number of rotatable bonds is 4. The zero-order chi connectivity index (χ0) is 12.1. The van der Waals surface area contributed by atoms with Crippen LogP contribution in [0.5, 0.6) is 0 Å². The van der Waals surface area contributed by atoms with Gasteiger partial charge in [0.2, 0.25) is 0 Å². The second-order valence-corrected chi connectivity index (χ2v) is 5.73. The highest BCUT2D eigenvalue weighted by atomic mass is 15.1. The van der Waals surface area contributed by atoms with E-state index in [0.717, 1.165) is 28.7 Å². The molecule has 1 N–H and O–H groups in total. The van der Waals surface area contributed by atoms with Crippen LogP contribution in [0, 0.1) is 11.8 Å². The minimum atomic E-state index is 0.630. The summed E-state index contributed by atoms with van der Waals surface area (Å²) >= 11 is 0. The smallest absolute Gasteiger partial charge is 0.154 e. The molecule has 0 spiro atoms. The Hall–Kier alpha value is -1.58. The van der Waals surface area contributed by atoms with E-state index in [1.54, 1.807) is 0 Å². The number of nitrogens with one attached hydrogen (secondary N) is 1. The van der Waals surface area contributed by atoms with E-state index in [2.05, 4.69) is 15.3 Å². The van der Waals surface area contributed by atoms with Gasteiger partial charge in [-0.05, 0) is 43.6 Å². The largest absolute Gasteiger partial charge is 0.365 e. The van der Waals surface area contributed by atoms with Crippen molar-refractivity contribution in [2.75, 3.05) is 5.32 Å². The zero-order valence-electron chi connectivity index (χ0n) is 10.6. The van der Waals surface area contributed by atoms with E-state index in [1.807, 2.05) is 30.2 Å². The highest BCUT2D eigenvalue weighted by Gasteiger charge is 2.41. The molecule has 2 heterocycles. The van der Waals surface area contributed by atoms with Gasteiger partial charge in [0.25, 0.3) is 0 Å². The number of hydrogen-bond donors (Lipinski definition) is 1. The molecule has 94 valence electrons. The van der Waals surface area contributed by atoms with Gasteiger partial charge in [-0.15, -0.1) is 0 Å². The van der Waals surface area contributed by atoms with Crippen LogP contribution in [0.1, 0.15) is 25.7 Å². The van der Waals surface area contributed by atoms with Gasteiger partial charge in [-0.25, -0.2) is 9.97 Å². The molecule has 0 aromatic carbocycles. The van der Waals surface area contributed by atoms with Crippen molar-refractivity contribution in [3.8, 4) is 0 Å². The maximum atomic E-state index is 4.49. The molecule has 0 radical (unpaired) electrons. The molecule has 0 amide bonds. The fourth-order valence-corrected chi connectivity index (χ4v) is 2.86. The Balaban J connectivity index is 1.68. The number of anilines is 1. The maximum Gasteiger partial charge on any atom is 0.154 e. The van der Waals surface area contributed by atoms with Gasteiger partial charge in [0, 0.05) is 19.3 Å². The molecule has 0 bridgehead atoms. The zero-order valence-corrected chi connectivity index (χ0v) is 10.6. The van der Waals surface area contributed by atoms with Gasteiger partial charge in [-0.3, -0.25) is 0 Å². The van der Waals surface area contributed by atoms with E-state index in [4.69, 9.17) is 0 Å². The van der Waals surface area contributed by atoms with Gasteiger partial charge in [0.05, 0.1) is 11.8 Å². The lowest BCUT2D eigenvalue weighted by Gasteiger charge is -2.18. The summed E-state index contributed by atoms with van der Waals surface area (Å²) < 4.78 is 2.05. The van der Waals surface area contributed by atoms with E-state index in [-0.39, 0.29) is 0 Å². The first kappa shape index (κ1) is 10.4. The first-order valence-electron chi connectivity index (χ1n) is 6.85. The van der Waals surface area contributed by atoms with Gasteiger partial charge >= 0.3 is 0 Å². The molecule has 4 nitrogen and oxygen atoms in total. The average Bonchev–Trinajstić information content (AvgIpc) is 3.27. The SMILES string of the molecule is Cn1cnc2c(NC(C3CC3)C3CC3)nccc21. The molecule has 4 rings (SSSR count). The van der Waals surface area contributed by atoms with E-state index >= 15 is 0 Å². The summed E-state index contributed by atoms with van der Waals surface area (Å²) in [5.41, 5.74) is 2.16. The van der Waals surface area contributed by atoms with Crippen LogP contribution in [0.25, 0.3) is 11.0 Å². The highest BCUT2D eigenvalue weighted by molar-refractivity contribution is 5.85. The van der Waals surface area contributed by atoms with E-state index < -0.39 is 0 Å². The molecule has 18 heavy (non-hydrogen) atoms. The number of nitrogens with zero attached hydrogens (tertiary/aromatic N) is 3. The van der Waals surface area contributed by atoms with Crippen LogP contribution in [0.15, 0.2) is 18.6 Å². The van der Waals surface area contributed by atoms with Crippen LogP contribution in [0.4, 0.5) is 5.82 Å². The van der Waals surface area contributed by atoms with Crippen LogP contribution in [0.3, 0.4) is 0 Å². The third-order valence-electron chi connectivity index (χ3n) is 4.21. The first-order chi connectivity index (χ1) is 8.83. The van der Waals surface area contributed by atoms with Crippen molar-refractivity contribution in [1.29, 1.82) is 0 Å². The second-order valence-electron chi connectivity index (χ2n) is 5.73. The third-order valence-corrected chi connectivity index (χ3v) is 4.21. The predicted octanol–water partition coefficient (Wildman–Crippen LogP) is 2.57. The summed E-state index contributed by atoms with van der Waals surface area (Å²) in [4.78, 5) is 8.96. The Labute approximate surface area is 106 Å². The van der Waals surface area contributed by atoms with Crippen LogP contribution in [-0.2, 0) is 7.05 Å². The number of imidazole rings is 1. The lowest BCUT2D eigenvalue weighted by Crippen LogP contribution is -2.24. The number of pyridine rings is 1. The molecular weight excluding hydrogens is 224 g/mol. The van der Waals surface area contributed by atoms with Gasteiger partial charge in [-0.1, -0.05) is 0 Å². The molecule has 0 unspecified atom stereocenters. The predicted molar refractivity (Wildman–Crippen MR) is 71.4 cm³/mol. The topological polar surface area (TPSA) is 42.7 Å². The Morgan fingerprint density at radius 3 is 2.61 bits per heavy atom. The van der Waals surface area contributed by atoms with E-state index in [0.29, 0.717) is 6.04 Å². The molecule has 2 aromatic rings. The first-order valence-corrected chi connectivity index (χ1v) is 6.85.